The van der Waals surface area contributed by atoms with Crippen LogP contribution in [0, 0.1) is 18.3 Å². The number of ether oxygens (including phenoxy) is 2. The highest BCUT2D eigenvalue weighted by molar-refractivity contribution is 6.06. The van der Waals surface area contributed by atoms with E-state index < -0.39 is 23.8 Å². The molecule has 0 aromatic heterocycles. The third kappa shape index (κ3) is 3.01. The van der Waals surface area contributed by atoms with Crippen LogP contribution in [0.15, 0.2) is 40.5 Å². The predicted octanol–water partition coefficient (Wildman–Crippen LogP) is 1.36. The number of hydrogen-bond donors (Lipinski definition) is 1. The van der Waals surface area contributed by atoms with E-state index in [0.29, 0.717) is 16.8 Å². The molecule has 0 radical (unpaired) electrons. The summed E-state index contributed by atoms with van der Waals surface area (Å²) in [5, 5.41) is 0. The van der Waals surface area contributed by atoms with Crippen LogP contribution in [0.25, 0.3) is 0 Å². The summed E-state index contributed by atoms with van der Waals surface area (Å²) in [7, 11) is 2.53. The molecule has 2 rings (SSSR count). The molecule has 6 heteroatoms. The van der Waals surface area contributed by atoms with Gasteiger partial charge in [-0.2, -0.15) is 0 Å². The summed E-state index contributed by atoms with van der Waals surface area (Å²) < 4.78 is 9.72. The zero-order valence-electron chi connectivity index (χ0n) is 13.7. The molecular weight excluding hydrogens is 308 g/mol. The molecule has 0 bridgehead atoms. The van der Waals surface area contributed by atoms with Crippen molar-refractivity contribution in [3.63, 3.8) is 0 Å². The number of nitrogens with two attached hydrogens (primary N) is 1. The molecule has 1 aliphatic heterocycles. The molecule has 1 aromatic carbocycles. The van der Waals surface area contributed by atoms with Gasteiger partial charge in [0.15, 0.2) is 0 Å². The second kappa shape index (κ2) is 7.01. The molecule has 0 saturated carbocycles. The summed E-state index contributed by atoms with van der Waals surface area (Å²) in [6.07, 6.45) is 5.45. The Morgan fingerprint density at radius 2 is 2.00 bits per heavy atom. The summed E-state index contributed by atoms with van der Waals surface area (Å²) in [6.45, 7) is 1.64. The molecule has 0 saturated heterocycles. The summed E-state index contributed by atoms with van der Waals surface area (Å²) in [5.41, 5.74) is 7.92. The maximum Gasteiger partial charge on any atom is 0.336 e. The quantitative estimate of drug-likeness (QED) is 0.669. The van der Waals surface area contributed by atoms with Crippen LogP contribution in [0.1, 0.15) is 24.0 Å². The molecule has 0 amide bonds. The molecule has 1 aromatic rings. The Bertz CT molecular complexity index is 786. The van der Waals surface area contributed by atoms with Gasteiger partial charge in [0.05, 0.1) is 25.5 Å². The molecule has 0 fully saturated rings. The van der Waals surface area contributed by atoms with Crippen LogP contribution in [0.5, 0.6) is 0 Å². The van der Waals surface area contributed by atoms with Crippen molar-refractivity contribution >= 4 is 17.8 Å². The number of benzene rings is 1. The lowest BCUT2D eigenvalue weighted by atomic mass is 9.77. The zero-order valence-corrected chi connectivity index (χ0v) is 13.7. The van der Waals surface area contributed by atoms with Gasteiger partial charge in [0, 0.05) is 11.5 Å². The topological polar surface area (TPSA) is 91.0 Å². The smallest absolute Gasteiger partial charge is 0.336 e. The molecule has 2 unspecified atom stereocenters. The van der Waals surface area contributed by atoms with E-state index in [0.717, 1.165) is 0 Å². The first-order valence-corrected chi connectivity index (χ1v) is 7.22. The van der Waals surface area contributed by atoms with Crippen molar-refractivity contribution in [3.8, 4) is 12.3 Å². The molecule has 124 valence electrons. The Labute approximate surface area is 140 Å². The molecule has 0 aliphatic carbocycles. The number of methoxy groups -OCH3 is 2. The van der Waals surface area contributed by atoms with E-state index in [1.165, 1.54) is 14.2 Å². The third-order valence-corrected chi connectivity index (χ3v) is 3.92. The maximum atomic E-state index is 12.3. The van der Waals surface area contributed by atoms with Crippen LogP contribution in [-0.4, -0.2) is 32.0 Å². The summed E-state index contributed by atoms with van der Waals surface area (Å²) >= 11 is 0. The SMILES string of the molecule is C#Cc1cccc(C2C(C(=O)OC)=C(C)N=C(N)C2C(=O)OC)c1. The number of carbonyl (C=O) groups excluding carboxylic acids is 2. The van der Waals surface area contributed by atoms with E-state index in [-0.39, 0.29) is 11.4 Å². The van der Waals surface area contributed by atoms with Gasteiger partial charge in [-0.25, -0.2) is 9.79 Å². The van der Waals surface area contributed by atoms with Crippen molar-refractivity contribution in [2.75, 3.05) is 14.2 Å². The van der Waals surface area contributed by atoms with Gasteiger partial charge in [-0.3, -0.25) is 4.79 Å². The van der Waals surface area contributed by atoms with Gasteiger partial charge in [0.2, 0.25) is 0 Å². The lowest BCUT2D eigenvalue weighted by Crippen LogP contribution is -2.41. The number of allylic oxidation sites excluding steroid dienone is 1. The standard InChI is InChI=1S/C18H18N2O4/c1-5-11-7-6-8-12(9-11)14-13(17(21)23-3)10(2)20-16(19)15(14)18(22)24-4/h1,6-9,14-15H,2-4H3,(H2,19,20). The van der Waals surface area contributed by atoms with Gasteiger partial charge < -0.3 is 15.2 Å². The van der Waals surface area contributed by atoms with Crippen LogP contribution in [0.4, 0.5) is 0 Å². The average Bonchev–Trinajstić information content (AvgIpc) is 2.59. The minimum absolute atomic E-state index is 0.0862. The lowest BCUT2D eigenvalue weighted by molar-refractivity contribution is -0.143. The first kappa shape index (κ1) is 17.3. The largest absolute Gasteiger partial charge is 0.468 e. The number of terminal acetylenes is 1. The van der Waals surface area contributed by atoms with Crippen LogP contribution in [-0.2, 0) is 19.1 Å². The molecule has 1 aliphatic rings. The fourth-order valence-corrected chi connectivity index (χ4v) is 2.84. The van der Waals surface area contributed by atoms with Crippen molar-refractivity contribution in [1.82, 2.24) is 0 Å². The van der Waals surface area contributed by atoms with Crippen molar-refractivity contribution in [3.05, 3.63) is 46.7 Å². The van der Waals surface area contributed by atoms with Crippen LogP contribution < -0.4 is 5.73 Å². The van der Waals surface area contributed by atoms with Crippen molar-refractivity contribution in [2.24, 2.45) is 16.6 Å². The average molecular weight is 326 g/mol. The Kier molecular flexibility index (Phi) is 5.05. The molecule has 2 N–H and O–H groups in total. The van der Waals surface area contributed by atoms with Crippen molar-refractivity contribution < 1.29 is 19.1 Å². The van der Waals surface area contributed by atoms with E-state index in [1.807, 2.05) is 0 Å². The zero-order chi connectivity index (χ0) is 17.9. The number of hydrogen-bond acceptors (Lipinski definition) is 6. The van der Waals surface area contributed by atoms with Gasteiger partial charge in [-0.05, 0) is 24.6 Å². The van der Waals surface area contributed by atoms with E-state index >= 15 is 0 Å². The first-order valence-electron chi connectivity index (χ1n) is 7.22. The molecule has 2 atom stereocenters. The monoisotopic (exact) mass is 326 g/mol. The van der Waals surface area contributed by atoms with Crippen LogP contribution in [0.3, 0.4) is 0 Å². The highest BCUT2D eigenvalue weighted by atomic mass is 16.5. The van der Waals surface area contributed by atoms with E-state index in [1.54, 1.807) is 31.2 Å². The van der Waals surface area contributed by atoms with E-state index in [4.69, 9.17) is 21.6 Å². The number of rotatable bonds is 3. The fraction of sp³-hybridized carbons (Fsp3) is 0.278. The number of aliphatic imine (C=N–C) groups is 1. The summed E-state index contributed by atoms with van der Waals surface area (Å²) in [4.78, 5) is 28.7. The Balaban J connectivity index is 2.70. The molecule has 0 spiro atoms. The first-order chi connectivity index (χ1) is 11.4. The van der Waals surface area contributed by atoms with Gasteiger partial charge in [-0.1, -0.05) is 18.1 Å². The fourth-order valence-electron chi connectivity index (χ4n) is 2.84. The number of nitrogens with zero attached hydrogens (tertiary/aromatic N) is 1. The Morgan fingerprint density at radius 1 is 1.29 bits per heavy atom. The third-order valence-electron chi connectivity index (χ3n) is 3.92. The number of amidine groups is 1. The highest BCUT2D eigenvalue weighted by Gasteiger charge is 2.42. The summed E-state index contributed by atoms with van der Waals surface area (Å²) in [5.74, 6) is -0.150. The molecular formula is C18H18N2O4. The van der Waals surface area contributed by atoms with Gasteiger partial charge in [0.1, 0.15) is 11.8 Å². The van der Waals surface area contributed by atoms with E-state index in [2.05, 4.69) is 10.9 Å². The summed E-state index contributed by atoms with van der Waals surface area (Å²) in [6, 6.07) is 7.02. The van der Waals surface area contributed by atoms with Gasteiger partial charge >= 0.3 is 11.9 Å². The van der Waals surface area contributed by atoms with Crippen molar-refractivity contribution in [2.45, 2.75) is 12.8 Å². The predicted molar refractivity (Wildman–Crippen MR) is 89.0 cm³/mol. The molecule has 6 nitrogen and oxygen atoms in total. The van der Waals surface area contributed by atoms with Crippen molar-refractivity contribution in [1.29, 1.82) is 0 Å². The Hall–Kier alpha value is -3.07. The normalized spacial score (nSPS) is 20.0. The lowest BCUT2D eigenvalue weighted by Gasteiger charge is -2.30. The minimum atomic E-state index is -0.930. The highest BCUT2D eigenvalue weighted by Crippen LogP contribution is 2.39. The Morgan fingerprint density at radius 3 is 2.58 bits per heavy atom. The van der Waals surface area contributed by atoms with Gasteiger partial charge in [-0.15, -0.1) is 6.42 Å². The van der Waals surface area contributed by atoms with Gasteiger partial charge in [0.25, 0.3) is 0 Å². The number of carbonyl (C=O) groups is 2. The second-order valence-electron chi connectivity index (χ2n) is 5.28. The van der Waals surface area contributed by atoms with Crippen LogP contribution >= 0.6 is 0 Å². The minimum Gasteiger partial charge on any atom is -0.468 e. The van der Waals surface area contributed by atoms with E-state index in [9.17, 15) is 9.59 Å². The number of esters is 2. The second-order valence-corrected chi connectivity index (χ2v) is 5.28. The van der Waals surface area contributed by atoms with Crippen LogP contribution in [0.2, 0.25) is 0 Å². The molecule has 1 heterocycles. The maximum absolute atomic E-state index is 12.3. The molecule has 24 heavy (non-hydrogen) atoms.